The van der Waals surface area contributed by atoms with Crippen molar-refractivity contribution in [1.82, 2.24) is 9.97 Å². The molecule has 0 radical (unpaired) electrons. The topological polar surface area (TPSA) is 65.5 Å². The Balaban J connectivity index is 1.68. The molecule has 1 aromatic rings. The van der Waals surface area contributed by atoms with Gasteiger partial charge in [0.1, 0.15) is 12.4 Å². The molecule has 0 saturated carbocycles. The third-order valence-electron chi connectivity index (χ3n) is 3.22. The van der Waals surface area contributed by atoms with Gasteiger partial charge in [-0.1, -0.05) is 0 Å². The summed E-state index contributed by atoms with van der Waals surface area (Å²) in [6.45, 7) is 7.94. The van der Waals surface area contributed by atoms with Crippen LogP contribution in [0.4, 0.5) is 5.82 Å². The molecule has 0 aliphatic carbocycles. The van der Waals surface area contributed by atoms with E-state index < -0.39 is 0 Å². The van der Waals surface area contributed by atoms with Crippen LogP contribution in [0.25, 0.3) is 0 Å². The van der Waals surface area contributed by atoms with E-state index in [1.165, 1.54) is 0 Å². The number of aryl methyl sites for hydroxylation is 1. The molecule has 6 heteroatoms. The molecule has 2 heterocycles. The highest BCUT2D eigenvalue weighted by atomic mass is 16.5. The molecule has 2 rings (SSSR count). The summed E-state index contributed by atoms with van der Waals surface area (Å²) in [6, 6.07) is 1.93. The predicted molar refractivity (Wildman–Crippen MR) is 80.4 cm³/mol. The molecule has 0 aromatic carbocycles. The number of rotatable bonds is 9. The van der Waals surface area contributed by atoms with E-state index in [1.807, 2.05) is 19.9 Å². The van der Waals surface area contributed by atoms with E-state index in [2.05, 4.69) is 15.3 Å². The minimum atomic E-state index is 0.282. The van der Waals surface area contributed by atoms with Gasteiger partial charge in [-0.25, -0.2) is 9.97 Å². The largest absolute Gasteiger partial charge is 0.377 e. The van der Waals surface area contributed by atoms with Crippen LogP contribution < -0.4 is 5.32 Å². The maximum atomic E-state index is 5.61. The van der Waals surface area contributed by atoms with Gasteiger partial charge < -0.3 is 19.5 Å². The van der Waals surface area contributed by atoms with Crippen molar-refractivity contribution in [1.29, 1.82) is 0 Å². The Morgan fingerprint density at radius 3 is 3.05 bits per heavy atom. The van der Waals surface area contributed by atoms with E-state index >= 15 is 0 Å². The summed E-state index contributed by atoms with van der Waals surface area (Å²) in [5.74, 6) is 1.53. The Bertz CT molecular complexity index is 423. The lowest BCUT2D eigenvalue weighted by Crippen LogP contribution is -2.18. The van der Waals surface area contributed by atoms with Crippen molar-refractivity contribution in [3.63, 3.8) is 0 Å². The molecule has 6 nitrogen and oxygen atoms in total. The Morgan fingerprint density at radius 1 is 1.38 bits per heavy atom. The van der Waals surface area contributed by atoms with Crippen molar-refractivity contribution in [2.45, 2.75) is 39.4 Å². The molecule has 0 amide bonds. The number of anilines is 1. The van der Waals surface area contributed by atoms with E-state index in [9.17, 15) is 0 Å². The van der Waals surface area contributed by atoms with E-state index in [4.69, 9.17) is 14.2 Å². The first-order valence-electron chi connectivity index (χ1n) is 7.63. The highest BCUT2D eigenvalue weighted by Gasteiger charge is 2.14. The van der Waals surface area contributed by atoms with Gasteiger partial charge in [-0.05, 0) is 26.7 Å². The minimum Gasteiger partial charge on any atom is -0.377 e. The van der Waals surface area contributed by atoms with Gasteiger partial charge in [0.05, 0.1) is 19.3 Å². The molecule has 1 unspecified atom stereocenters. The molecular formula is C15H25N3O3. The molecule has 0 bridgehead atoms. The monoisotopic (exact) mass is 295 g/mol. The van der Waals surface area contributed by atoms with E-state index in [-0.39, 0.29) is 6.10 Å². The van der Waals surface area contributed by atoms with Crippen LogP contribution in [0, 0.1) is 6.92 Å². The highest BCUT2D eigenvalue weighted by molar-refractivity contribution is 5.35. The molecule has 1 fully saturated rings. The fourth-order valence-corrected chi connectivity index (χ4v) is 2.22. The van der Waals surface area contributed by atoms with Gasteiger partial charge in [0.25, 0.3) is 0 Å². The number of nitrogens with zero attached hydrogens (tertiary/aromatic N) is 2. The number of hydrogen-bond donors (Lipinski definition) is 1. The Hall–Kier alpha value is -1.24. The summed E-state index contributed by atoms with van der Waals surface area (Å²) in [6.07, 6.45) is 2.54. The lowest BCUT2D eigenvalue weighted by molar-refractivity contribution is 0.0206. The second-order valence-corrected chi connectivity index (χ2v) is 5.08. The first kappa shape index (κ1) is 16.1. The second kappa shape index (κ2) is 8.92. The average Bonchev–Trinajstić information content (AvgIpc) is 2.97. The van der Waals surface area contributed by atoms with Crippen LogP contribution >= 0.6 is 0 Å². The van der Waals surface area contributed by atoms with Crippen LogP contribution in [0.5, 0.6) is 0 Å². The van der Waals surface area contributed by atoms with E-state index in [0.717, 1.165) is 37.5 Å². The smallest absolute Gasteiger partial charge is 0.156 e. The fraction of sp³-hybridized carbons (Fsp3) is 0.733. The van der Waals surface area contributed by atoms with Crippen molar-refractivity contribution in [3.05, 3.63) is 17.6 Å². The normalized spacial score (nSPS) is 18.1. The van der Waals surface area contributed by atoms with E-state index in [0.29, 0.717) is 32.3 Å². The van der Waals surface area contributed by atoms with Crippen LogP contribution in [0.2, 0.25) is 0 Å². The van der Waals surface area contributed by atoms with Crippen molar-refractivity contribution in [2.75, 3.05) is 38.3 Å². The summed E-state index contributed by atoms with van der Waals surface area (Å²) >= 11 is 0. The SMILES string of the molecule is CCOCc1nc(C)cc(NCCOCC2CCCO2)n1. The fourth-order valence-electron chi connectivity index (χ4n) is 2.22. The maximum Gasteiger partial charge on any atom is 0.156 e. The third-order valence-corrected chi connectivity index (χ3v) is 3.22. The number of ether oxygens (including phenoxy) is 3. The summed E-state index contributed by atoms with van der Waals surface area (Å²) < 4.78 is 16.5. The van der Waals surface area contributed by atoms with Gasteiger partial charge in [-0.2, -0.15) is 0 Å². The second-order valence-electron chi connectivity index (χ2n) is 5.08. The van der Waals surface area contributed by atoms with E-state index in [1.54, 1.807) is 0 Å². The van der Waals surface area contributed by atoms with Crippen LogP contribution in [-0.2, 0) is 20.8 Å². The first-order chi connectivity index (χ1) is 10.3. The van der Waals surface area contributed by atoms with Crippen LogP contribution in [0.1, 0.15) is 31.3 Å². The van der Waals surface area contributed by atoms with Gasteiger partial charge >= 0.3 is 0 Å². The zero-order valence-corrected chi connectivity index (χ0v) is 12.9. The molecule has 21 heavy (non-hydrogen) atoms. The van der Waals surface area contributed by atoms with Crippen LogP contribution in [0.3, 0.4) is 0 Å². The van der Waals surface area contributed by atoms with Gasteiger partial charge in [-0.3, -0.25) is 0 Å². The summed E-state index contributed by atoms with van der Waals surface area (Å²) in [5, 5.41) is 3.26. The molecule has 1 N–H and O–H groups in total. The van der Waals surface area contributed by atoms with Crippen molar-refractivity contribution < 1.29 is 14.2 Å². The highest BCUT2D eigenvalue weighted by Crippen LogP contribution is 2.12. The van der Waals surface area contributed by atoms with Crippen molar-refractivity contribution in [2.24, 2.45) is 0 Å². The van der Waals surface area contributed by atoms with Gasteiger partial charge in [-0.15, -0.1) is 0 Å². The Kier molecular flexibility index (Phi) is 6.85. The van der Waals surface area contributed by atoms with Gasteiger partial charge in [0.2, 0.25) is 0 Å². The van der Waals surface area contributed by atoms with Crippen molar-refractivity contribution >= 4 is 5.82 Å². The summed E-state index contributed by atoms with van der Waals surface area (Å²) in [4.78, 5) is 8.76. The number of hydrogen-bond acceptors (Lipinski definition) is 6. The maximum absolute atomic E-state index is 5.61. The number of nitrogens with one attached hydrogen (secondary N) is 1. The predicted octanol–water partition coefficient (Wildman–Crippen LogP) is 1.93. The summed E-state index contributed by atoms with van der Waals surface area (Å²) in [7, 11) is 0. The number of aromatic nitrogens is 2. The quantitative estimate of drug-likeness (QED) is 0.702. The van der Waals surface area contributed by atoms with Crippen LogP contribution in [-0.4, -0.2) is 49.0 Å². The molecule has 1 aliphatic rings. The zero-order chi connectivity index (χ0) is 14.9. The van der Waals surface area contributed by atoms with Gasteiger partial charge in [0, 0.05) is 31.5 Å². The lowest BCUT2D eigenvalue weighted by Gasteiger charge is -2.11. The molecule has 118 valence electrons. The zero-order valence-electron chi connectivity index (χ0n) is 12.9. The minimum absolute atomic E-state index is 0.282. The van der Waals surface area contributed by atoms with Crippen LogP contribution in [0.15, 0.2) is 6.07 Å². The third kappa shape index (κ3) is 5.95. The van der Waals surface area contributed by atoms with Gasteiger partial charge in [0.15, 0.2) is 5.82 Å². The summed E-state index contributed by atoms with van der Waals surface area (Å²) in [5.41, 5.74) is 0.933. The lowest BCUT2D eigenvalue weighted by atomic mass is 10.2. The molecule has 1 saturated heterocycles. The Morgan fingerprint density at radius 2 is 2.29 bits per heavy atom. The molecular weight excluding hydrogens is 270 g/mol. The molecule has 1 aromatic heterocycles. The molecule has 1 aliphatic heterocycles. The first-order valence-corrected chi connectivity index (χ1v) is 7.63. The molecule has 1 atom stereocenters. The standard InChI is InChI=1S/C15H25N3O3/c1-3-19-11-15-17-12(2)9-14(18-15)16-6-8-20-10-13-5-4-7-21-13/h9,13H,3-8,10-11H2,1-2H3,(H,16,17,18). The Labute approximate surface area is 126 Å². The molecule has 0 spiro atoms. The average molecular weight is 295 g/mol. The van der Waals surface area contributed by atoms with Crippen molar-refractivity contribution in [3.8, 4) is 0 Å².